The van der Waals surface area contributed by atoms with Gasteiger partial charge in [0.15, 0.2) is 15.7 Å². The van der Waals surface area contributed by atoms with E-state index in [2.05, 4.69) is 20.5 Å². The van der Waals surface area contributed by atoms with Gasteiger partial charge in [-0.3, -0.25) is 9.89 Å². The number of hydrogen-bond donors (Lipinski definition) is 2. The Balaban J connectivity index is 1.52. The molecule has 120 valence electrons. The minimum atomic E-state index is -3.12. The van der Waals surface area contributed by atoms with Crippen molar-refractivity contribution in [1.29, 1.82) is 0 Å². The number of hydrogen-bond acceptors (Lipinski definition) is 5. The number of nitrogens with one attached hydrogen (secondary N) is 2. The second kappa shape index (κ2) is 6.33. The van der Waals surface area contributed by atoms with Crippen molar-refractivity contribution in [3.63, 3.8) is 0 Å². The molecule has 0 unspecified atom stereocenters. The number of benzene rings is 1. The molecular formula is C15H16N4O3S. The van der Waals surface area contributed by atoms with E-state index in [4.69, 9.17) is 0 Å². The molecule has 0 saturated heterocycles. The number of carbonyl (C=O) groups is 1. The molecule has 1 aromatic carbocycles. The number of H-pyrrole nitrogens is 1. The van der Waals surface area contributed by atoms with Crippen LogP contribution in [0.1, 0.15) is 12.2 Å². The zero-order valence-corrected chi connectivity index (χ0v) is 13.1. The van der Waals surface area contributed by atoms with E-state index in [0.717, 1.165) is 5.56 Å². The highest BCUT2D eigenvalue weighted by molar-refractivity contribution is 7.94. The third kappa shape index (κ3) is 4.04. The van der Waals surface area contributed by atoms with Crippen molar-refractivity contribution in [2.24, 2.45) is 5.92 Å². The standard InChI is InChI=1S/C15H16N4O3S/c20-14(8-11-6-7-23(21,22)10-11)16-9-13-17-15(19-18-13)12-4-2-1-3-5-12/h1-7,11H,8-10H2,(H,16,20)(H,17,18,19)/t11-/m1/s1. The smallest absolute Gasteiger partial charge is 0.220 e. The summed E-state index contributed by atoms with van der Waals surface area (Å²) in [6, 6.07) is 9.51. The Morgan fingerprint density at radius 1 is 1.30 bits per heavy atom. The Morgan fingerprint density at radius 3 is 2.78 bits per heavy atom. The normalized spacial score (nSPS) is 18.9. The Labute approximate surface area is 133 Å². The van der Waals surface area contributed by atoms with E-state index in [0.29, 0.717) is 11.6 Å². The third-order valence-electron chi connectivity index (χ3n) is 3.47. The van der Waals surface area contributed by atoms with E-state index in [-0.39, 0.29) is 30.5 Å². The Hall–Kier alpha value is -2.48. The maximum absolute atomic E-state index is 11.9. The number of nitrogens with zero attached hydrogens (tertiary/aromatic N) is 2. The lowest BCUT2D eigenvalue weighted by Crippen LogP contribution is -2.26. The van der Waals surface area contributed by atoms with E-state index >= 15 is 0 Å². The molecule has 2 aromatic rings. The molecule has 0 radical (unpaired) electrons. The maximum Gasteiger partial charge on any atom is 0.220 e. The first-order valence-corrected chi connectivity index (χ1v) is 8.88. The molecule has 0 spiro atoms. The first-order valence-electron chi connectivity index (χ1n) is 7.16. The molecule has 0 aliphatic carbocycles. The molecule has 2 N–H and O–H groups in total. The van der Waals surface area contributed by atoms with Crippen LogP contribution in [0.15, 0.2) is 41.8 Å². The van der Waals surface area contributed by atoms with Crippen LogP contribution >= 0.6 is 0 Å². The molecule has 2 heterocycles. The molecule has 8 heteroatoms. The first-order chi connectivity index (χ1) is 11.0. The van der Waals surface area contributed by atoms with Crippen LogP contribution in [0.4, 0.5) is 0 Å². The fraction of sp³-hybridized carbons (Fsp3) is 0.267. The van der Waals surface area contributed by atoms with Crippen molar-refractivity contribution in [2.75, 3.05) is 5.75 Å². The van der Waals surface area contributed by atoms with E-state index in [1.54, 1.807) is 6.08 Å². The number of amides is 1. The van der Waals surface area contributed by atoms with Gasteiger partial charge in [0.25, 0.3) is 0 Å². The molecule has 1 aromatic heterocycles. The number of carbonyl (C=O) groups excluding carboxylic acids is 1. The molecule has 1 amide bonds. The Bertz CT molecular complexity index is 827. The summed E-state index contributed by atoms with van der Waals surface area (Å²) in [5.74, 6) is 0.649. The highest BCUT2D eigenvalue weighted by Crippen LogP contribution is 2.18. The molecule has 1 aliphatic heterocycles. The van der Waals surface area contributed by atoms with Gasteiger partial charge in [-0.05, 0) is 0 Å². The van der Waals surface area contributed by atoms with Gasteiger partial charge in [-0.25, -0.2) is 13.4 Å². The summed E-state index contributed by atoms with van der Waals surface area (Å²) in [6.07, 6.45) is 1.71. The number of allylic oxidation sites excluding steroid dienone is 1. The Kier molecular flexibility index (Phi) is 4.24. The number of rotatable bonds is 5. The van der Waals surface area contributed by atoms with Gasteiger partial charge in [0, 0.05) is 23.3 Å². The SMILES string of the molecule is O=C(C[C@H]1C=CS(=O)(=O)C1)NCc1nc(-c2ccccc2)n[nH]1. The summed E-state index contributed by atoms with van der Waals surface area (Å²) in [7, 11) is -3.12. The highest BCUT2D eigenvalue weighted by Gasteiger charge is 2.23. The van der Waals surface area contributed by atoms with Crippen molar-refractivity contribution < 1.29 is 13.2 Å². The second-order valence-corrected chi connectivity index (χ2v) is 7.30. The predicted octanol–water partition coefficient (Wildman–Crippen LogP) is 1.04. The predicted molar refractivity (Wildman–Crippen MR) is 84.7 cm³/mol. The summed E-state index contributed by atoms with van der Waals surface area (Å²) >= 11 is 0. The van der Waals surface area contributed by atoms with E-state index in [1.165, 1.54) is 5.41 Å². The van der Waals surface area contributed by atoms with E-state index < -0.39 is 9.84 Å². The van der Waals surface area contributed by atoms with Crippen LogP contribution in [0.25, 0.3) is 11.4 Å². The van der Waals surface area contributed by atoms with Gasteiger partial charge in [-0.2, -0.15) is 5.10 Å². The van der Waals surface area contributed by atoms with E-state index in [9.17, 15) is 13.2 Å². The Morgan fingerprint density at radius 2 is 2.09 bits per heavy atom. The van der Waals surface area contributed by atoms with Gasteiger partial charge in [-0.1, -0.05) is 36.4 Å². The van der Waals surface area contributed by atoms with Crippen LogP contribution in [0.3, 0.4) is 0 Å². The van der Waals surface area contributed by atoms with Gasteiger partial charge in [-0.15, -0.1) is 0 Å². The quantitative estimate of drug-likeness (QED) is 0.851. The maximum atomic E-state index is 11.9. The van der Waals surface area contributed by atoms with Crippen LogP contribution in [-0.4, -0.2) is 35.3 Å². The van der Waals surface area contributed by atoms with Gasteiger partial charge in [0.1, 0.15) is 5.82 Å². The first kappa shape index (κ1) is 15.4. The minimum absolute atomic E-state index is 0.000876. The molecule has 7 nitrogen and oxygen atoms in total. The molecule has 1 atom stereocenters. The fourth-order valence-corrected chi connectivity index (χ4v) is 3.75. The average molecular weight is 332 g/mol. The topological polar surface area (TPSA) is 105 Å². The fourth-order valence-electron chi connectivity index (χ4n) is 2.35. The summed E-state index contributed by atoms with van der Waals surface area (Å²) < 4.78 is 22.6. The highest BCUT2D eigenvalue weighted by atomic mass is 32.2. The lowest BCUT2D eigenvalue weighted by molar-refractivity contribution is -0.121. The zero-order valence-electron chi connectivity index (χ0n) is 12.3. The number of aromatic amines is 1. The van der Waals surface area contributed by atoms with Crippen molar-refractivity contribution in [3.05, 3.63) is 47.6 Å². The van der Waals surface area contributed by atoms with Gasteiger partial charge in [0.2, 0.25) is 5.91 Å². The monoisotopic (exact) mass is 332 g/mol. The van der Waals surface area contributed by atoms with Crippen LogP contribution < -0.4 is 5.32 Å². The number of sulfone groups is 1. The number of aromatic nitrogens is 3. The van der Waals surface area contributed by atoms with Crippen molar-refractivity contribution in [3.8, 4) is 11.4 Å². The summed E-state index contributed by atoms with van der Waals surface area (Å²) in [5, 5.41) is 10.8. The van der Waals surface area contributed by atoms with Crippen LogP contribution in [0, 0.1) is 5.92 Å². The van der Waals surface area contributed by atoms with Crippen molar-refractivity contribution in [2.45, 2.75) is 13.0 Å². The van der Waals surface area contributed by atoms with Gasteiger partial charge in [0.05, 0.1) is 12.3 Å². The molecular weight excluding hydrogens is 316 g/mol. The summed E-state index contributed by atoms with van der Waals surface area (Å²) in [4.78, 5) is 16.2. The lowest BCUT2D eigenvalue weighted by atomic mass is 10.1. The van der Waals surface area contributed by atoms with Crippen LogP contribution in [0.5, 0.6) is 0 Å². The third-order valence-corrected chi connectivity index (χ3v) is 4.93. The molecule has 1 aliphatic rings. The molecule has 0 fully saturated rings. The van der Waals surface area contributed by atoms with Gasteiger partial charge >= 0.3 is 0 Å². The summed E-state index contributed by atoms with van der Waals surface area (Å²) in [6.45, 7) is 0.224. The van der Waals surface area contributed by atoms with E-state index in [1.807, 2.05) is 30.3 Å². The van der Waals surface area contributed by atoms with Crippen molar-refractivity contribution >= 4 is 15.7 Å². The molecule has 23 heavy (non-hydrogen) atoms. The van der Waals surface area contributed by atoms with Crippen LogP contribution in [0.2, 0.25) is 0 Å². The summed E-state index contributed by atoms with van der Waals surface area (Å²) in [5.41, 5.74) is 0.891. The largest absolute Gasteiger partial charge is 0.349 e. The lowest BCUT2D eigenvalue weighted by Gasteiger charge is -2.06. The second-order valence-electron chi connectivity index (χ2n) is 5.37. The van der Waals surface area contributed by atoms with Crippen LogP contribution in [-0.2, 0) is 21.2 Å². The molecule has 3 rings (SSSR count). The van der Waals surface area contributed by atoms with Gasteiger partial charge < -0.3 is 5.32 Å². The molecule has 0 saturated carbocycles. The van der Waals surface area contributed by atoms with Crippen molar-refractivity contribution in [1.82, 2.24) is 20.5 Å². The molecule has 0 bridgehead atoms. The minimum Gasteiger partial charge on any atom is -0.349 e. The average Bonchev–Trinajstić information content (AvgIpc) is 3.13. The zero-order chi connectivity index (χ0) is 16.3.